The van der Waals surface area contributed by atoms with Gasteiger partial charge in [0.05, 0.1) is 13.5 Å². The number of aromatic nitrogens is 2. The Morgan fingerprint density at radius 2 is 1.88 bits per heavy atom. The Morgan fingerprint density at radius 1 is 1.12 bits per heavy atom. The molecule has 1 N–H and O–H groups in total. The van der Waals surface area contributed by atoms with Gasteiger partial charge in [0.25, 0.3) is 5.22 Å². The fourth-order valence-corrected chi connectivity index (χ4v) is 2.64. The summed E-state index contributed by atoms with van der Waals surface area (Å²) >= 11 is 1.18. The third-order valence-electron chi connectivity index (χ3n) is 3.30. The second-order valence-corrected chi connectivity index (χ2v) is 5.79. The molecule has 1 heterocycles. The molecule has 0 bridgehead atoms. The molecule has 0 amide bonds. The maximum Gasteiger partial charge on any atom is 0.281 e. The first kappa shape index (κ1) is 16.1. The van der Waals surface area contributed by atoms with Crippen LogP contribution in [0.15, 0.2) is 69.6 Å². The van der Waals surface area contributed by atoms with E-state index in [2.05, 4.69) is 10.2 Å². The molecule has 1 aromatic heterocycles. The first-order valence-electron chi connectivity index (χ1n) is 7.31. The highest BCUT2D eigenvalue weighted by Gasteiger charge is 2.07. The molecule has 5 nitrogen and oxygen atoms in total. The molecule has 6 heteroatoms. The van der Waals surface area contributed by atoms with Crippen molar-refractivity contribution in [3.63, 3.8) is 0 Å². The summed E-state index contributed by atoms with van der Waals surface area (Å²) in [5.74, 6) is 1.41. The average Bonchev–Trinajstić information content (AvgIpc) is 3.08. The topological polar surface area (TPSA) is 68.4 Å². The van der Waals surface area contributed by atoms with Gasteiger partial charge in [-0.3, -0.25) is 0 Å². The van der Waals surface area contributed by atoms with Gasteiger partial charge < -0.3 is 14.3 Å². The molecule has 0 aliphatic heterocycles. The molecule has 0 saturated heterocycles. The van der Waals surface area contributed by atoms with Gasteiger partial charge in [-0.1, -0.05) is 30.3 Å². The van der Waals surface area contributed by atoms with Crippen molar-refractivity contribution in [1.29, 1.82) is 0 Å². The summed E-state index contributed by atoms with van der Waals surface area (Å²) in [4.78, 5) is 0. The van der Waals surface area contributed by atoms with E-state index in [0.717, 1.165) is 11.3 Å². The summed E-state index contributed by atoms with van der Waals surface area (Å²) in [5, 5.41) is 20.1. The van der Waals surface area contributed by atoms with Gasteiger partial charge in [0, 0.05) is 11.0 Å². The number of aliphatic hydroxyl groups excluding tert-OH is 1. The number of hydrogen-bond donors (Lipinski definition) is 1. The van der Waals surface area contributed by atoms with Crippen LogP contribution in [0.2, 0.25) is 0 Å². The number of nitrogens with zero attached hydrogens (tertiary/aromatic N) is 2. The number of rotatable bonds is 6. The summed E-state index contributed by atoms with van der Waals surface area (Å²) < 4.78 is 10.7. The van der Waals surface area contributed by atoms with Crippen LogP contribution in [0.4, 0.5) is 0 Å². The van der Waals surface area contributed by atoms with Gasteiger partial charge in [-0.25, -0.2) is 0 Å². The maximum absolute atomic E-state index is 10.1. The van der Waals surface area contributed by atoms with Crippen molar-refractivity contribution in [2.75, 3.05) is 7.11 Å². The Morgan fingerprint density at radius 3 is 2.58 bits per heavy atom. The van der Waals surface area contributed by atoms with E-state index in [0.29, 0.717) is 23.1 Å². The summed E-state index contributed by atoms with van der Waals surface area (Å²) in [6.07, 6.45) is 0.586. The zero-order valence-corrected chi connectivity index (χ0v) is 13.9. The van der Waals surface area contributed by atoms with E-state index in [1.54, 1.807) is 36.8 Å². The van der Waals surface area contributed by atoms with Crippen molar-refractivity contribution in [2.45, 2.75) is 11.6 Å². The fourth-order valence-electron chi connectivity index (χ4n) is 2.06. The standard InChI is InChI=1S/C18H16N2O3S/c1-22-15-9-7-14(8-10-15)16(21)12-24-18-20-19-17(23-18)11-13-5-3-2-4-6-13/h2-10,12,21H,11H2,1H3/b16-12+. The highest BCUT2D eigenvalue weighted by molar-refractivity contribution is 8.02. The van der Waals surface area contributed by atoms with Crippen LogP contribution in [0, 0.1) is 0 Å². The minimum absolute atomic E-state index is 0.130. The Hall–Kier alpha value is -2.73. The van der Waals surface area contributed by atoms with Crippen LogP contribution in [0.1, 0.15) is 17.0 Å². The van der Waals surface area contributed by atoms with Gasteiger partial charge in [-0.05, 0) is 41.6 Å². The number of aliphatic hydroxyl groups is 1. The fraction of sp³-hybridized carbons (Fsp3) is 0.111. The molecule has 0 aliphatic rings. The molecule has 2 aromatic carbocycles. The second kappa shape index (κ2) is 7.70. The zero-order chi connectivity index (χ0) is 16.8. The molecule has 0 atom stereocenters. The first-order chi connectivity index (χ1) is 11.7. The summed E-state index contributed by atoms with van der Waals surface area (Å²) in [6.45, 7) is 0. The molecule has 3 aromatic rings. The molecule has 122 valence electrons. The highest BCUT2D eigenvalue weighted by atomic mass is 32.2. The molecular weight excluding hydrogens is 324 g/mol. The third-order valence-corrected chi connectivity index (χ3v) is 4.01. The van der Waals surface area contributed by atoms with Crippen LogP contribution in [-0.4, -0.2) is 22.4 Å². The Bertz CT molecular complexity index is 814. The lowest BCUT2D eigenvalue weighted by Gasteiger charge is -2.02. The SMILES string of the molecule is COc1ccc(/C(O)=C\Sc2nnc(Cc3ccccc3)o2)cc1. The summed E-state index contributed by atoms with van der Waals surface area (Å²) in [7, 11) is 1.60. The number of ether oxygens (including phenoxy) is 1. The predicted molar refractivity (Wildman–Crippen MR) is 93.0 cm³/mol. The van der Waals surface area contributed by atoms with E-state index in [4.69, 9.17) is 9.15 Å². The van der Waals surface area contributed by atoms with E-state index < -0.39 is 0 Å². The molecule has 0 aliphatic carbocycles. The Labute approximate surface area is 144 Å². The monoisotopic (exact) mass is 340 g/mol. The molecule has 0 unspecified atom stereocenters. The smallest absolute Gasteiger partial charge is 0.281 e. The van der Waals surface area contributed by atoms with E-state index in [9.17, 15) is 5.11 Å². The molecule has 0 fully saturated rings. The Kier molecular flexibility index (Phi) is 5.18. The lowest BCUT2D eigenvalue weighted by Crippen LogP contribution is -1.87. The third kappa shape index (κ3) is 4.17. The van der Waals surface area contributed by atoms with Gasteiger partial charge in [0.2, 0.25) is 5.89 Å². The van der Waals surface area contributed by atoms with Gasteiger partial charge >= 0.3 is 0 Å². The normalized spacial score (nSPS) is 11.5. The second-order valence-electron chi connectivity index (χ2n) is 4.97. The van der Waals surface area contributed by atoms with Crippen LogP contribution in [0.25, 0.3) is 5.76 Å². The molecular formula is C18H16N2O3S. The van der Waals surface area contributed by atoms with Crippen molar-refractivity contribution in [3.05, 3.63) is 77.0 Å². The molecule has 0 spiro atoms. The number of thioether (sulfide) groups is 1. The first-order valence-corrected chi connectivity index (χ1v) is 8.19. The quantitative estimate of drug-likeness (QED) is 0.532. The van der Waals surface area contributed by atoms with Crippen LogP contribution >= 0.6 is 11.8 Å². The van der Waals surface area contributed by atoms with Crippen molar-refractivity contribution >= 4 is 17.5 Å². The summed E-state index contributed by atoms with van der Waals surface area (Å²) in [5.41, 5.74) is 1.79. The van der Waals surface area contributed by atoms with Crippen LogP contribution < -0.4 is 4.74 Å². The van der Waals surface area contributed by atoms with Crippen molar-refractivity contribution in [1.82, 2.24) is 10.2 Å². The molecule has 3 rings (SSSR count). The van der Waals surface area contributed by atoms with E-state index in [-0.39, 0.29) is 5.76 Å². The van der Waals surface area contributed by atoms with Gasteiger partial charge in [-0.2, -0.15) is 0 Å². The van der Waals surface area contributed by atoms with Crippen LogP contribution in [-0.2, 0) is 6.42 Å². The maximum atomic E-state index is 10.1. The van der Waals surface area contributed by atoms with Gasteiger partial charge in [0.1, 0.15) is 11.5 Å². The molecule has 0 saturated carbocycles. The van der Waals surface area contributed by atoms with E-state index in [1.165, 1.54) is 11.8 Å². The van der Waals surface area contributed by atoms with Crippen molar-refractivity contribution in [3.8, 4) is 5.75 Å². The van der Waals surface area contributed by atoms with Gasteiger partial charge in [-0.15, -0.1) is 10.2 Å². The van der Waals surface area contributed by atoms with Gasteiger partial charge in [0.15, 0.2) is 0 Å². The number of benzene rings is 2. The van der Waals surface area contributed by atoms with Crippen LogP contribution in [0.3, 0.4) is 0 Å². The lowest BCUT2D eigenvalue weighted by atomic mass is 10.2. The largest absolute Gasteiger partial charge is 0.507 e. The lowest BCUT2D eigenvalue weighted by molar-refractivity contribution is 0.414. The Balaban J connectivity index is 1.63. The number of methoxy groups -OCH3 is 1. The predicted octanol–water partition coefficient (Wildman–Crippen LogP) is 4.32. The minimum atomic E-state index is 0.130. The van der Waals surface area contributed by atoms with Crippen molar-refractivity contribution in [2.24, 2.45) is 0 Å². The highest BCUT2D eigenvalue weighted by Crippen LogP contribution is 2.24. The average molecular weight is 340 g/mol. The minimum Gasteiger partial charge on any atom is -0.507 e. The van der Waals surface area contributed by atoms with Crippen LogP contribution in [0.5, 0.6) is 5.75 Å². The molecule has 0 radical (unpaired) electrons. The van der Waals surface area contributed by atoms with E-state index >= 15 is 0 Å². The van der Waals surface area contributed by atoms with E-state index in [1.807, 2.05) is 30.3 Å². The zero-order valence-electron chi connectivity index (χ0n) is 13.0. The summed E-state index contributed by atoms with van der Waals surface area (Å²) in [6, 6.07) is 17.0. The van der Waals surface area contributed by atoms with Crippen molar-refractivity contribution < 1.29 is 14.3 Å². The number of hydrogen-bond acceptors (Lipinski definition) is 6. The molecule has 24 heavy (non-hydrogen) atoms.